The molecule has 0 amide bonds. The van der Waals surface area contributed by atoms with E-state index in [4.69, 9.17) is 9.97 Å². The van der Waals surface area contributed by atoms with Crippen LogP contribution in [0.5, 0.6) is 0 Å². The molecular formula is C36H32FN3Pt. The fraction of sp³-hybridized carbons (Fsp3) is 0.222. The van der Waals surface area contributed by atoms with Crippen molar-refractivity contribution >= 4 is 21.8 Å². The molecule has 6 rings (SSSR count). The molecule has 0 saturated carbocycles. The number of rotatable bonds is 3. The molecule has 0 N–H and O–H groups in total. The molecule has 3 aromatic heterocycles. The minimum atomic E-state index is -0.505. The second kappa shape index (κ2) is 10.7. The topological polar surface area (TPSA) is 39.9 Å². The minimum absolute atomic E-state index is 0. The first-order valence-corrected chi connectivity index (χ1v) is 13.7. The summed E-state index contributed by atoms with van der Waals surface area (Å²) in [7, 11) is 0. The summed E-state index contributed by atoms with van der Waals surface area (Å²) >= 11 is 0. The van der Waals surface area contributed by atoms with Gasteiger partial charge in [0.1, 0.15) is 0 Å². The van der Waals surface area contributed by atoms with E-state index in [2.05, 4.69) is 76.9 Å². The number of hydrogen-bond acceptors (Lipinski definition) is 2. The number of hydrogen-bond donors (Lipinski definition) is 0. The van der Waals surface area contributed by atoms with Crippen molar-refractivity contribution in [2.24, 2.45) is 0 Å². The van der Waals surface area contributed by atoms with E-state index in [1.54, 1.807) is 6.07 Å². The standard InChI is InChI=1S/C36H32FN3.Pt/c1-35(2,3)24-18-26(22-11-9-12-23(17-22)30-14-10-15-32(37)39-30)33-27(19-24)28-20-25(36(4,5)6)21-29(34(28)40-33)31-13-7-8-16-38-31;/h7-16,18-21H,1-6H3;/q-2;+2. The maximum atomic E-state index is 13.9. The van der Waals surface area contributed by atoms with Gasteiger partial charge in [0, 0.05) is 11.9 Å². The molecule has 0 unspecified atom stereocenters. The number of aromatic nitrogens is 3. The zero-order valence-electron chi connectivity index (χ0n) is 24.1. The first kappa shape index (κ1) is 28.9. The molecule has 6 aromatic rings. The molecule has 0 radical (unpaired) electrons. The monoisotopic (exact) mass is 720 g/mol. The van der Waals surface area contributed by atoms with Crippen molar-refractivity contribution in [3.05, 3.63) is 108 Å². The Hall–Kier alpha value is -3.62. The first-order chi connectivity index (χ1) is 19.0. The molecule has 3 nitrogen and oxygen atoms in total. The van der Waals surface area contributed by atoms with Gasteiger partial charge in [0.15, 0.2) is 0 Å². The minimum Gasteiger partial charge on any atom is -0.662 e. The maximum Gasteiger partial charge on any atom is 2.00 e. The Morgan fingerprint density at radius 3 is 1.85 bits per heavy atom. The third-order valence-corrected chi connectivity index (χ3v) is 7.48. The molecule has 0 saturated heterocycles. The summed E-state index contributed by atoms with van der Waals surface area (Å²) in [5.74, 6) is -0.505. The molecular weight excluding hydrogens is 688 g/mol. The quantitative estimate of drug-likeness (QED) is 0.135. The Balaban J connectivity index is 0.00000337. The summed E-state index contributed by atoms with van der Waals surface area (Å²) in [6.07, 6.45) is 1.83. The molecule has 0 aliphatic heterocycles. The Morgan fingerprint density at radius 2 is 1.24 bits per heavy atom. The van der Waals surface area contributed by atoms with E-state index < -0.39 is 5.95 Å². The van der Waals surface area contributed by atoms with Crippen LogP contribution in [-0.4, -0.2) is 9.97 Å². The third kappa shape index (κ3) is 5.50. The van der Waals surface area contributed by atoms with Crippen LogP contribution in [0.2, 0.25) is 0 Å². The molecule has 0 fully saturated rings. The summed E-state index contributed by atoms with van der Waals surface area (Å²) < 4.78 is 13.9. The van der Waals surface area contributed by atoms with Crippen molar-refractivity contribution in [2.45, 2.75) is 52.4 Å². The summed E-state index contributed by atoms with van der Waals surface area (Å²) in [6, 6.07) is 29.4. The molecule has 0 aliphatic rings. The van der Waals surface area contributed by atoms with Gasteiger partial charge in [0.05, 0.1) is 5.69 Å². The SMILES string of the molecule is CC(C)(C)c1cc(-c2[c-]c(-c3cccc(F)n3)ccc2)c2[n-]c3c(-c4ccccn4)cc(C(C)(C)C)cc3c2c1.[Pt+2]. The molecule has 0 aliphatic carbocycles. The van der Waals surface area contributed by atoms with Crippen LogP contribution in [-0.2, 0) is 31.9 Å². The van der Waals surface area contributed by atoms with E-state index >= 15 is 0 Å². The van der Waals surface area contributed by atoms with E-state index in [9.17, 15) is 4.39 Å². The summed E-state index contributed by atoms with van der Waals surface area (Å²) in [5, 5.41) is 2.24. The normalized spacial score (nSPS) is 12.1. The first-order valence-electron chi connectivity index (χ1n) is 13.7. The van der Waals surface area contributed by atoms with Crippen molar-refractivity contribution in [2.75, 3.05) is 0 Å². The zero-order chi connectivity index (χ0) is 28.2. The van der Waals surface area contributed by atoms with E-state index in [0.29, 0.717) is 5.69 Å². The van der Waals surface area contributed by atoms with Crippen LogP contribution in [0.3, 0.4) is 0 Å². The number of fused-ring (bicyclic) bond motifs is 3. The smallest absolute Gasteiger partial charge is 0.662 e. The van der Waals surface area contributed by atoms with Crippen LogP contribution in [0, 0.1) is 12.0 Å². The van der Waals surface area contributed by atoms with Gasteiger partial charge in [-0.15, -0.1) is 35.3 Å². The van der Waals surface area contributed by atoms with Crippen molar-refractivity contribution in [1.82, 2.24) is 15.0 Å². The number of benzene rings is 3. The zero-order valence-corrected chi connectivity index (χ0v) is 26.4. The molecule has 3 aromatic carbocycles. The predicted octanol–water partition coefficient (Wildman–Crippen LogP) is 9.27. The van der Waals surface area contributed by atoms with Gasteiger partial charge in [-0.2, -0.15) is 9.91 Å². The van der Waals surface area contributed by atoms with Crippen LogP contribution >= 0.6 is 0 Å². The van der Waals surface area contributed by atoms with Gasteiger partial charge in [0.2, 0.25) is 5.95 Å². The average molecular weight is 721 g/mol. The molecule has 41 heavy (non-hydrogen) atoms. The molecule has 0 atom stereocenters. The van der Waals surface area contributed by atoms with Gasteiger partial charge >= 0.3 is 21.1 Å². The van der Waals surface area contributed by atoms with Crippen LogP contribution in [0.4, 0.5) is 4.39 Å². The van der Waals surface area contributed by atoms with E-state index in [1.807, 2.05) is 48.7 Å². The van der Waals surface area contributed by atoms with Crippen LogP contribution in [0.15, 0.2) is 85.1 Å². The van der Waals surface area contributed by atoms with Gasteiger partial charge < -0.3 is 4.98 Å². The van der Waals surface area contributed by atoms with E-state index in [1.165, 1.54) is 17.2 Å². The van der Waals surface area contributed by atoms with Crippen molar-refractivity contribution in [3.63, 3.8) is 0 Å². The van der Waals surface area contributed by atoms with Crippen molar-refractivity contribution in [1.29, 1.82) is 0 Å². The van der Waals surface area contributed by atoms with Crippen LogP contribution in [0.1, 0.15) is 52.7 Å². The fourth-order valence-corrected chi connectivity index (χ4v) is 5.15. The Morgan fingerprint density at radius 1 is 0.659 bits per heavy atom. The molecule has 0 bridgehead atoms. The number of pyridine rings is 2. The van der Waals surface area contributed by atoms with Crippen molar-refractivity contribution in [3.8, 4) is 33.6 Å². The maximum absolute atomic E-state index is 13.9. The van der Waals surface area contributed by atoms with Crippen LogP contribution < -0.4 is 4.98 Å². The van der Waals surface area contributed by atoms with Crippen LogP contribution in [0.25, 0.3) is 55.4 Å². The van der Waals surface area contributed by atoms with E-state index in [0.717, 1.165) is 49.8 Å². The Bertz CT molecular complexity index is 1880. The van der Waals surface area contributed by atoms with Gasteiger partial charge in [-0.3, -0.25) is 9.97 Å². The number of nitrogens with zero attached hydrogens (tertiary/aromatic N) is 3. The average Bonchev–Trinajstić information content (AvgIpc) is 3.30. The second-order valence-corrected chi connectivity index (χ2v) is 12.5. The molecule has 0 spiro atoms. The largest absolute Gasteiger partial charge is 2.00 e. The Kier molecular flexibility index (Phi) is 7.51. The molecule has 208 valence electrons. The Labute approximate surface area is 255 Å². The molecule has 3 heterocycles. The summed E-state index contributed by atoms with van der Waals surface area (Å²) in [5.41, 5.74) is 9.32. The number of halogens is 1. The van der Waals surface area contributed by atoms with Gasteiger partial charge in [0.25, 0.3) is 0 Å². The van der Waals surface area contributed by atoms with Gasteiger partial charge in [-0.05, 0) is 56.5 Å². The summed E-state index contributed by atoms with van der Waals surface area (Å²) in [4.78, 5) is 14.1. The predicted molar refractivity (Wildman–Crippen MR) is 163 cm³/mol. The summed E-state index contributed by atoms with van der Waals surface area (Å²) in [6.45, 7) is 13.4. The second-order valence-electron chi connectivity index (χ2n) is 12.5. The fourth-order valence-electron chi connectivity index (χ4n) is 5.15. The van der Waals surface area contributed by atoms with Gasteiger partial charge in [-0.25, -0.2) is 0 Å². The van der Waals surface area contributed by atoms with Gasteiger partial charge in [-0.1, -0.05) is 95.1 Å². The van der Waals surface area contributed by atoms with Crippen molar-refractivity contribution < 1.29 is 25.5 Å². The molecule has 5 heteroatoms. The third-order valence-electron chi connectivity index (χ3n) is 7.48. The van der Waals surface area contributed by atoms with E-state index in [-0.39, 0.29) is 31.9 Å².